The standard InChI is InChI=1S/C18H14ClIN4O4/c1-10-5-11(19)3-4-16(10)28-14-7-12(6-13(8-14)24(26)27)22-18(25)17-15(20)9-21-23(17)2/h3-9H,1-2H3,(H,22,25). The van der Waals surface area contributed by atoms with E-state index in [2.05, 4.69) is 10.4 Å². The van der Waals surface area contributed by atoms with Gasteiger partial charge in [-0.15, -0.1) is 0 Å². The molecule has 0 saturated carbocycles. The van der Waals surface area contributed by atoms with Gasteiger partial charge in [0, 0.05) is 24.2 Å². The molecule has 0 atom stereocenters. The number of hydrogen-bond acceptors (Lipinski definition) is 5. The number of carbonyl (C=O) groups excluding carboxylic acids is 1. The van der Waals surface area contributed by atoms with Gasteiger partial charge in [-0.05, 0) is 53.3 Å². The Bertz CT molecular complexity index is 1060. The molecule has 10 heteroatoms. The van der Waals surface area contributed by atoms with Crippen molar-refractivity contribution in [1.82, 2.24) is 9.78 Å². The normalized spacial score (nSPS) is 10.6. The predicted molar refractivity (Wildman–Crippen MR) is 113 cm³/mol. The van der Waals surface area contributed by atoms with Gasteiger partial charge in [0.1, 0.15) is 17.2 Å². The van der Waals surface area contributed by atoms with Crippen LogP contribution in [0.5, 0.6) is 11.5 Å². The minimum absolute atomic E-state index is 0.209. The zero-order chi connectivity index (χ0) is 20.4. The van der Waals surface area contributed by atoms with Crippen LogP contribution in [0.1, 0.15) is 16.1 Å². The van der Waals surface area contributed by atoms with Crippen molar-refractivity contribution >= 4 is 51.5 Å². The number of nitrogens with one attached hydrogen (secondary N) is 1. The predicted octanol–water partition coefficient (Wildman–Crippen LogP) is 4.94. The van der Waals surface area contributed by atoms with E-state index in [-0.39, 0.29) is 17.1 Å². The average Bonchev–Trinajstić information content (AvgIpc) is 2.95. The quantitative estimate of drug-likeness (QED) is 0.297. The minimum Gasteiger partial charge on any atom is -0.457 e. The summed E-state index contributed by atoms with van der Waals surface area (Å²) in [5, 5.41) is 18.5. The Morgan fingerprint density at radius 3 is 2.68 bits per heavy atom. The molecule has 0 aliphatic rings. The van der Waals surface area contributed by atoms with Gasteiger partial charge in [0.15, 0.2) is 0 Å². The average molecular weight is 513 g/mol. The fourth-order valence-electron chi connectivity index (χ4n) is 2.53. The molecule has 1 N–H and O–H groups in total. The van der Waals surface area contributed by atoms with E-state index in [4.69, 9.17) is 16.3 Å². The number of amides is 1. The first-order chi connectivity index (χ1) is 13.2. The van der Waals surface area contributed by atoms with Crippen molar-refractivity contribution in [2.24, 2.45) is 7.05 Å². The van der Waals surface area contributed by atoms with E-state index < -0.39 is 10.8 Å². The Morgan fingerprint density at radius 2 is 2.07 bits per heavy atom. The molecule has 0 aliphatic heterocycles. The third-order valence-corrected chi connectivity index (χ3v) is 4.86. The van der Waals surface area contributed by atoms with Crippen LogP contribution in [-0.2, 0) is 7.05 Å². The van der Waals surface area contributed by atoms with Crippen LogP contribution in [0.3, 0.4) is 0 Å². The Labute approximate surface area is 178 Å². The molecular weight excluding hydrogens is 499 g/mol. The zero-order valence-electron chi connectivity index (χ0n) is 14.8. The van der Waals surface area contributed by atoms with Crippen molar-refractivity contribution in [3.05, 3.63) is 72.6 Å². The summed E-state index contributed by atoms with van der Waals surface area (Å²) < 4.78 is 7.88. The van der Waals surface area contributed by atoms with E-state index in [0.717, 1.165) is 5.56 Å². The topological polar surface area (TPSA) is 99.3 Å². The van der Waals surface area contributed by atoms with Crippen molar-refractivity contribution in [1.29, 1.82) is 0 Å². The number of nitrogens with zero attached hydrogens (tertiary/aromatic N) is 3. The number of hydrogen-bond donors (Lipinski definition) is 1. The van der Waals surface area contributed by atoms with Gasteiger partial charge in [0.05, 0.1) is 26.4 Å². The van der Waals surface area contributed by atoms with Crippen LogP contribution < -0.4 is 10.1 Å². The van der Waals surface area contributed by atoms with Crippen molar-refractivity contribution in [2.75, 3.05) is 5.32 Å². The van der Waals surface area contributed by atoms with Gasteiger partial charge in [-0.25, -0.2) is 0 Å². The van der Waals surface area contributed by atoms with E-state index >= 15 is 0 Å². The van der Waals surface area contributed by atoms with Gasteiger partial charge in [-0.1, -0.05) is 11.6 Å². The maximum atomic E-state index is 12.6. The third kappa shape index (κ3) is 4.42. The van der Waals surface area contributed by atoms with Crippen molar-refractivity contribution in [3.8, 4) is 11.5 Å². The molecule has 2 aromatic carbocycles. The van der Waals surface area contributed by atoms with Crippen molar-refractivity contribution < 1.29 is 14.5 Å². The summed E-state index contributed by atoms with van der Waals surface area (Å²) in [5.41, 5.74) is 1.15. The lowest BCUT2D eigenvalue weighted by atomic mass is 10.2. The van der Waals surface area contributed by atoms with Gasteiger partial charge >= 0.3 is 0 Å². The van der Waals surface area contributed by atoms with Crippen molar-refractivity contribution in [3.63, 3.8) is 0 Å². The molecule has 8 nitrogen and oxygen atoms in total. The number of benzene rings is 2. The second kappa shape index (κ2) is 8.15. The van der Waals surface area contributed by atoms with Gasteiger partial charge in [0.25, 0.3) is 11.6 Å². The molecule has 0 fully saturated rings. The number of nitro benzene ring substituents is 1. The monoisotopic (exact) mass is 512 g/mol. The van der Waals surface area contributed by atoms with E-state index in [0.29, 0.717) is 20.0 Å². The van der Waals surface area contributed by atoms with Crippen LogP contribution in [-0.4, -0.2) is 20.6 Å². The largest absolute Gasteiger partial charge is 0.457 e. The molecule has 0 radical (unpaired) electrons. The van der Waals surface area contributed by atoms with E-state index in [1.807, 2.05) is 29.5 Å². The highest BCUT2D eigenvalue weighted by atomic mass is 127. The first kappa shape index (κ1) is 20.1. The first-order valence-corrected chi connectivity index (χ1v) is 9.42. The molecule has 144 valence electrons. The van der Waals surface area contributed by atoms with E-state index in [1.54, 1.807) is 31.4 Å². The lowest BCUT2D eigenvalue weighted by Crippen LogP contribution is -2.17. The number of halogens is 2. The molecule has 0 bridgehead atoms. The Kier molecular flexibility index (Phi) is 5.84. The van der Waals surface area contributed by atoms with E-state index in [1.165, 1.54) is 22.9 Å². The number of carbonyl (C=O) groups is 1. The maximum Gasteiger partial charge on any atom is 0.275 e. The molecule has 3 rings (SSSR count). The summed E-state index contributed by atoms with van der Waals surface area (Å²) in [6.45, 7) is 1.81. The molecule has 1 heterocycles. The Morgan fingerprint density at radius 1 is 1.32 bits per heavy atom. The van der Waals surface area contributed by atoms with Gasteiger partial charge in [0.2, 0.25) is 0 Å². The minimum atomic E-state index is -0.551. The second-order valence-electron chi connectivity index (χ2n) is 5.90. The van der Waals surface area contributed by atoms with Crippen LogP contribution in [0, 0.1) is 20.6 Å². The SMILES string of the molecule is Cc1cc(Cl)ccc1Oc1cc(NC(=O)c2c(I)cnn2C)cc([N+](=O)[O-])c1. The summed E-state index contributed by atoms with van der Waals surface area (Å²) >= 11 is 7.94. The van der Waals surface area contributed by atoms with Crippen LogP contribution >= 0.6 is 34.2 Å². The summed E-state index contributed by atoms with van der Waals surface area (Å²) in [6.07, 6.45) is 1.56. The summed E-state index contributed by atoms with van der Waals surface area (Å²) in [5.74, 6) is 0.288. The third-order valence-electron chi connectivity index (χ3n) is 3.83. The molecular formula is C18H14ClIN4O4. The molecule has 0 spiro atoms. The maximum absolute atomic E-state index is 12.6. The van der Waals surface area contributed by atoms with E-state index in [9.17, 15) is 14.9 Å². The van der Waals surface area contributed by atoms with Crippen LogP contribution in [0.2, 0.25) is 5.02 Å². The summed E-state index contributed by atoms with van der Waals surface area (Å²) in [4.78, 5) is 23.3. The molecule has 28 heavy (non-hydrogen) atoms. The zero-order valence-corrected chi connectivity index (χ0v) is 17.7. The summed E-state index contributed by atoms with van der Waals surface area (Å²) in [7, 11) is 1.64. The van der Waals surface area contributed by atoms with Crippen LogP contribution in [0.25, 0.3) is 0 Å². The number of anilines is 1. The molecule has 3 aromatic rings. The molecule has 0 aliphatic carbocycles. The number of nitro groups is 1. The number of non-ortho nitro benzene ring substituents is 1. The Balaban J connectivity index is 1.93. The lowest BCUT2D eigenvalue weighted by Gasteiger charge is -2.11. The highest BCUT2D eigenvalue weighted by Gasteiger charge is 2.18. The summed E-state index contributed by atoms with van der Waals surface area (Å²) in [6, 6.07) is 9.13. The van der Waals surface area contributed by atoms with Crippen LogP contribution in [0.4, 0.5) is 11.4 Å². The number of aryl methyl sites for hydroxylation is 2. The fraction of sp³-hybridized carbons (Fsp3) is 0.111. The van der Waals surface area contributed by atoms with Crippen molar-refractivity contribution in [2.45, 2.75) is 6.92 Å². The smallest absolute Gasteiger partial charge is 0.275 e. The van der Waals surface area contributed by atoms with Gasteiger partial charge in [-0.2, -0.15) is 5.10 Å². The fourth-order valence-corrected chi connectivity index (χ4v) is 3.48. The number of ether oxygens (including phenoxy) is 1. The highest BCUT2D eigenvalue weighted by molar-refractivity contribution is 14.1. The first-order valence-electron chi connectivity index (χ1n) is 7.97. The number of aromatic nitrogens is 2. The van der Waals surface area contributed by atoms with Crippen LogP contribution in [0.15, 0.2) is 42.6 Å². The number of rotatable bonds is 5. The van der Waals surface area contributed by atoms with Gasteiger partial charge in [-0.3, -0.25) is 19.6 Å². The molecule has 0 saturated heterocycles. The molecule has 1 aromatic heterocycles. The van der Waals surface area contributed by atoms with Gasteiger partial charge < -0.3 is 10.1 Å². The molecule has 0 unspecified atom stereocenters. The molecule has 1 amide bonds. The Hall–Kier alpha value is -2.66. The lowest BCUT2D eigenvalue weighted by molar-refractivity contribution is -0.384. The second-order valence-corrected chi connectivity index (χ2v) is 7.50. The highest BCUT2D eigenvalue weighted by Crippen LogP contribution is 2.32.